The highest BCUT2D eigenvalue weighted by atomic mass is 16.5. The average Bonchev–Trinajstić information content (AvgIpc) is 2.03. The normalized spacial score (nSPS) is 9.50. The number of hydrogen-bond donors (Lipinski definition) is 1. The van der Waals surface area contributed by atoms with Crippen molar-refractivity contribution in [3.05, 3.63) is 28.0 Å². The highest BCUT2D eigenvalue weighted by molar-refractivity contribution is 5.94. The molecule has 0 aliphatic carbocycles. The molecule has 0 radical (unpaired) electrons. The lowest BCUT2D eigenvalue weighted by Gasteiger charge is -1.99. The fourth-order valence-electron chi connectivity index (χ4n) is 0.831. The Morgan fingerprint density at radius 2 is 2.17 bits per heavy atom. The van der Waals surface area contributed by atoms with E-state index in [-0.39, 0.29) is 11.3 Å². The van der Waals surface area contributed by atoms with Gasteiger partial charge in [0.05, 0.1) is 7.11 Å². The number of ketones is 1. The minimum Gasteiger partial charge on any atom is -0.482 e. The van der Waals surface area contributed by atoms with Crippen molar-refractivity contribution in [1.29, 1.82) is 0 Å². The number of carbonyl (C=O) groups excluding carboxylic acids is 1. The van der Waals surface area contributed by atoms with Gasteiger partial charge in [-0.05, 0) is 6.92 Å². The Bertz CT molecular complexity index is 354. The molecule has 0 saturated carbocycles. The van der Waals surface area contributed by atoms with Gasteiger partial charge >= 0.3 is 0 Å². The van der Waals surface area contributed by atoms with Gasteiger partial charge in [-0.1, -0.05) is 0 Å². The van der Waals surface area contributed by atoms with Gasteiger partial charge in [0.15, 0.2) is 11.7 Å². The van der Waals surface area contributed by atoms with E-state index in [2.05, 4.69) is 4.98 Å². The van der Waals surface area contributed by atoms with E-state index in [4.69, 9.17) is 4.74 Å². The number of aromatic nitrogens is 1. The third-order valence-electron chi connectivity index (χ3n) is 1.45. The molecular weight excluding hydrogens is 158 g/mol. The second-order valence-electron chi connectivity index (χ2n) is 2.36. The molecule has 0 aliphatic heterocycles. The monoisotopic (exact) mass is 167 g/mol. The van der Waals surface area contributed by atoms with Gasteiger partial charge in [-0.2, -0.15) is 0 Å². The van der Waals surface area contributed by atoms with E-state index < -0.39 is 0 Å². The molecule has 4 nitrogen and oxygen atoms in total. The van der Waals surface area contributed by atoms with E-state index in [0.29, 0.717) is 11.4 Å². The van der Waals surface area contributed by atoms with Crippen molar-refractivity contribution in [1.82, 2.24) is 4.98 Å². The summed E-state index contributed by atoms with van der Waals surface area (Å²) in [7, 11) is 1.43. The van der Waals surface area contributed by atoms with Crippen LogP contribution in [0.2, 0.25) is 0 Å². The first-order valence-electron chi connectivity index (χ1n) is 3.43. The van der Waals surface area contributed by atoms with Crippen LogP contribution in [0.3, 0.4) is 0 Å². The highest BCUT2D eigenvalue weighted by Crippen LogP contribution is 2.05. The number of methoxy groups -OCH3 is 1. The number of hydrogen-bond acceptors (Lipinski definition) is 3. The first-order valence-corrected chi connectivity index (χ1v) is 3.43. The molecule has 4 heteroatoms. The molecule has 1 N–H and O–H groups in total. The van der Waals surface area contributed by atoms with E-state index in [9.17, 15) is 9.59 Å². The van der Waals surface area contributed by atoms with Crippen LogP contribution in [0.1, 0.15) is 17.3 Å². The Morgan fingerprint density at radius 1 is 1.50 bits per heavy atom. The van der Waals surface area contributed by atoms with Crippen LogP contribution in [0.5, 0.6) is 5.88 Å². The second-order valence-corrected chi connectivity index (χ2v) is 2.36. The van der Waals surface area contributed by atoms with Crippen LogP contribution in [0.15, 0.2) is 16.9 Å². The lowest BCUT2D eigenvalue weighted by Crippen LogP contribution is -2.09. The smallest absolute Gasteiger partial charge is 0.251 e. The summed E-state index contributed by atoms with van der Waals surface area (Å²) >= 11 is 0. The van der Waals surface area contributed by atoms with Gasteiger partial charge in [0.2, 0.25) is 0 Å². The van der Waals surface area contributed by atoms with Crippen LogP contribution in [0.4, 0.5) is 0 Å². The molecular formula is C8H9NO3. The van der Waals surface area contributed by atoms with E-state index in [1.807, 2.05) is 0 Å². The zero-order valence-corrected chi connectivity index (χ0v) is 6.88. The predicted molar refractivity (Wildman–Crippen MR) is 43.6 cm³/mol. The molecule has 0 atom stereocenters. The summed E-state index contributed by atoms with van der Waals surface area (Å²) in [6, 6.07) is 2.73. The topological polar surface area (TPSA) is 59.2 Å². The van der Waals surface area contributed by atoms with Crippen LogP contribution in [-0.4, -0.2) is 17.9 Å². The average molecular weight is 167 g/mol. The Morgan fingerprint density at radius 3 is 2.67 bits per heavy atom. The molecule has 0 amide bonds. The van der Waals surface area contributed by atoms with Crippen molar-refractivity contribution < 1.29 is 9.53 Å². The first-order chi connectivity index (χ1) is 5.63. The molecule has 0 bridgehead atoms. The molecule has 1 heterocycles. The van der Waals surface area contributed by atoms with Crippen LogP contribution < -0.4 is 10.3 Å². The molecule has 64 valence electrons. The van der Waals surface area contributed by atoms with Gasteiger partial charge in [0.25, 0.3) is 5.56 Å². The predicted octanol–water partition coefficient (Wildman–Crippen LogP) is 0.586. The maximum atomic E-state index is 10.9. The Labute approximate surface area is 69.2 Å². The van der Waals surface area contributed by atoms with Crippen molar-refractivity contribution in [3.63, 3.8) is 0 Å². The fraction of sp³-hybridized carbons (Fsp3) is 0.250. The number of rotatable bonds is 2. The van der Waals surface area contributed by atoms with Crippen molar-refractivity contribution >= 4 is 5.78 Å². The molecule has 1 rings (SSSR count). The zero-order valence-electron chi connectivity index (χ0n) is 6.88. The second kappa shape index (κ2) is 3.21. The summed E-state index contributed by atoms with van der Waals surface area (Å²) in [6.07, 6.45) is 0. The van der Waals surface area contributed by atoms with E-state index >= 15 is 0 Å². The van der Waals surface area contributed by atoms with Gasteiger partial charge < -0.3 is 4.74 Å². The Balaban J connectivity index is 3.24. The molecule has 12 heavy (non-hydrogen) atoms. The van der Waals surface area contributed by atoms with E-state index in [1.165, 1.54) is 26.2 Å². The number of pyridine rings is 1. The first kappa shape index (κ1) is 8.52. The van der Waals surface area contributed by atoms with Crippen molar-refractivity contribution in [2.24, 2.45) is 0 Å². The quantitative estimate of drug-likeness (QED) is 0.655. The summed E-state index contributed by atoms with van der Waals surface area (Å²) in [5.41, 5.74) is 0.0233. The standard InChI is InChI=1S/C8H9NO3/c1-5(10)6-3-7(11)9-8(4-6)12-2/h3-4H,1-2H3,(H,9,11). The van der Waals surface area contributed by atoms with Gasteiger partial charge in [-0.15, -0.1) is 0 Å². The third kappa shape index (κ3) is 1.72. The number of H-pyrrole nitrogens is 1. The highest BCUT2D eigenvalue weighted by Gasteiger charge is 2.02. The van der Waals surface area contributed by atoms with Gasteiger partial charge in [-0.25, -0.2) is 0 Å². The molecule has 0 fully saturated rings. The van der Waals surface area contributed by atoms with Gasteiger partial charge in [-0.3, -0.25) is 14.6 Å². The lowest BCUT2D eigenvalue weighted by molar-refractivity contribution is 0.101. The van der Waals surface area contributed by atoms with Crippen molar-refractivity contribution in [2.75, 3.05) is 7.11 Å². The maximum absolute atomic E-state index is 10.9. The summed E-state index contributed by atoms with van der Waals surface area (Å²) in [4.78, 5) is 24.2. The lowest BCUT2D eigenvalue weighted by atomic mass is 10.2. The number of ether oxygens (including phenoxy) is 1. The summed E-state index contributed by atoms with van der Waals surface area (Å²) in [5, 5.41) is 0. The Hall–Kier alpha value is -1.58. The van der Waals surface area contributed by atoms with Gasteiger partial charge in [0.1, 0.15) is 0 Å². The zero-order chi connectivity index (χ0) is 9.14. The molecule has 0 saturated heterocycles. The molecule has 0 unspecified atom stereocenters. The van der Waals surface area contributed by atoms with Crippen LogP contribution in [0, 0.1) is 0 Å². The minimum absolute atomic E-state index is 0.153. The minimum atomic E-state index is -0.334. The van der Waals surface area contributed by atoms with Gasteiger partial charge in [0, 0.05) is 17.7 Å². The molecule has 0 aliphatic rings. The molecule has 0 aromatic carbocycles. The molecule has 1 aromatic rings. The van der Waals surface area contributed by atoms with E-state index in [1.54, 1.807) is 0 Å². The van der Waals surface area contributed by atoms with E-state index in [0.717, 1.165) is 0 Å². The number of aromatic amines is 1. The molecule has 0 spiro atoms. The summed E-state index contributed by atoms with van der Waals surface area (Å²) in [6.45, 7) is 1.40. The number of carbonyl (C=O) groups is 1. The number of nitrogens with one attached hydrogen (secondary N) is 1. The summed E-state index contributed by atoms with van der Waals surface area (Å²) in [5.74, 6) is 0.145. The maximum Gasteiger partial charge on any atom is 0.251 e. The summed E-state index contributed by atoms with van der Waals surface area (Å²) < 4.78 is 4.78. The fourth-order valence-corrected chi connectivity index (χ4v) is 0.831. The largest absolute Gasteiger partial charge is 0.482 e. The van der Waals surface area contributed by atoms with Crippen LogP contribution in [0.25, 0.3) is 0 Å². The van der Waals surface area contributed by atoms with Crippen molar-refractivity contribution in [2.45, 2.75) is 6.92 Å². The Kier molecular flexibility index (Phi) is 2.28. The molecule has 1 aromatic heterocycles. The van der Waals surface area contributed by atoms with Crippen LogP contribution >= 0.6 is 0 Å². The third-order valence-corrected chi connectivity index (χ3v) is 1.45. The van der Waals surface area contributed by atoms with Crippen LogP contribution in [-0.2, 0) is 0 Å². The number of Topliss-reactive ketones (excluding diaryl/α,β-unsaturated/α-hetero) is 1. The van der Waals surface area contributed by atoms with Crippen molar-refractivity contribution in [3.8, 4) is 5.88 Å². The SMILES string of the molecule is COc1cc(C(C)=O)cc(=O)[nH]1.